The highest BCUT2D eigenvalue weighted by molar-refractivity contribution is 6.11. The van der Waals surface area contributed by atoms with Gasteiger partial charge < -0.3 is 29.8 Å². The van der Waals surface area contributed by atoms with Crippen LogP contribution in [0.2, 0.25) is 0 Å². The van der Waals surface area contributed by atoms with Crippen molar-refractivity contribution in [2.75, 3.05) is 51.4 Å². The fraction of sp³-hybridized carbons (Fsp3) is 0.273. The molecule has 0 spiro atoms. The van der Waals surface area contributed by atoms with E-state index >= 15 is 0 Å². The summed E-state index contributed by atoms with van der Waals surface area (Å²) in [5.41, 5.74) is 9.62. The normalized spacial score (nSPS) is 18.1. The zero-order chi connectivity index (χ0) is 41.7. The number of hydrogen-bond acceptors (Lipinski definition) is 10. The van der Waals surface area contributed by atoms with E-state index in [-0.39, 0.29) is 30.4 Å². The second-order valence-corrected chi connectivity index (χ2v) is 15.4. The number of imidazole rings is 1. The summed E-state index contributed by atoms with van der Waals surface area (Å²) in [5, 5.41) is 13.3. The van der Waals surface area contributed by atoms with Gasteiger partial charge in [-0.15, -0.1) is 11.7 Å². The van der Waals surface area contributed by atoms with E-state index in [2.05, 4.69) is 72.9 Å². The van der Waals surface area contributed by atoms with E-state index in [9.17, 15) is 14.4 Å². The predicted octanol–water partition coefficient (Wildman–Crippen LogP) is 4.52. The summed E-state index contributed by atoms with van der Waals surface area (Å²) in [5.74, 6) is 0.0344. The first kappa shape index (κ1) is 38.3. The first-order valence-electron chi connectivity index (χ1n) is 19.9. The third-order valence-corrected chi connectivity index (χ3v) is 11.6. The van der Waals surface area contributed by atoms with E-state index in [0.717, 1.165) is 52.1 Å². The number of carbonyl (C=O) groups is 3. The Morgan fingerprint density at radius 3 is 2.67 bits per heavy atom. The highest BCUT2D eigenvalue weighted by Gasteiger charge is 2.41. The number of piperidine rings is 1. The molecule has 2 saturated heterocycles. The van der Waals surface area contributed by atoms with Gasteiger partial charge in [0.1, 0.15) is 18.1 Å². The van der Waals surface area contributed by atoms with Crippen molar-refractivity contribution >= 4 is 45.7 Å². The molecule has 0 aliphatic carbocycles. The van der Waals surface area contributed by atoms with Crippen LogP contribution in [0.25, 0.3) is 28.0 Å². The minimum atomic E-state index is -0.382. The number of nitrogens with zero attached hydrogens (tertiary/aromatic N) is 9. The second kappa shape index (κ2) is 15.5. The molecular weight excluding hydrogens is 761 g/mol. The van der Waals surface area contributed by atoms with E-state index < -0.39 is 0 Å². The van der Waals surface area contributed by atoms with Crippen molar-refractivity contribution < 1.29 is 19.1 Å². The highest BCUT2D eigenvalue weighted by atomic mass is 16.5. The van der Waals surface area contributed by atoms with Crippen LogP contribution < -0.4 is 15.1 Å². The fourth-order valence-corrected chi connectivity index (χ4v) is 8.47. The Morgan fingerprint density at radius 1 is 1.03 bits per heavy atom. The Balaban J connectivity index is 0.823. The summed E-state index contributed by atoms with van der Waals surface area (Å²) in [4.78, 5) is 60.5. The Hall–Kier alpha value is -7.20. The Morgan fingerprint density at radius 2 is 1.87 bits per heavy atom. The van der Waals surface area contributed by atoms with E-state index in [0.29, 0.717) is 85.2 Å². The highest BCUT2D eigenvalue weighted by Crippen LogP contribution is 2.41. The zero-order valence-corrected chi connectivity index (χ0v) is 33.5. The zero-order valence-electron chi connectivity index (χ0n) is 33.5. The van der Waals surface area contributed by atoms with Crippen molar-refractivity contribution in [2.45, 2.75) is 31.9 Å². The number of benzene rings is 2. The fourth-order valence-electron chi connectivity index (χ4n) is 8.47. The van der Waals surface area contributed by atoms with Crippen molar-refractivity contribution in [1.29, 1.82) is 0 Å². The quantitative estimate of drug-likeness (QED) is 0.153. The molecule has 4 aliphatic rings. The lowest BCUT2D eigenvalue weighted by molar-refractivity contribution is -0.121. The first-order chi connectivity index (χ1) is 29.1. The molecule has 16 nitrogen and oxygen atoms in total. The summed E-state index contributed by atoms with van der Waals surface area (Å²) < 4.78 is 6.16. The topological polar surface area (TPSA) is 164 Å². The van der Waals surface area contributed by atoms with E-state index in [4.69, 9.17) is 4.74 Å². The standard InChI is InChI=1S/C44H46N12O4/c1-6-7-15-54-23-35(33-13-14-45-41(33)29(54)4)34-20-30(21-36-42(34)47-25-46-36)43(58)53-18-16-52(17-19-53)26-51(5)55-22-31(49-50-55)24-60-38-10-8-9-32-28(3)56(44(59)40(32)38)37-11-12-39(57)48-27(37)2/h6,8-10,13-14,20-23,25,37,45H,1-4,7,11-12,15-19,24,26H2,5H3,(H,46,47)(H,48,57). The van der Waals surface area contributed by atoms with Gasteiger partial charge in [-0.05, 0) is 42.3 Å². The Kier molecular flexibility index (Phi) is 9.92. The monoisotopic (exact) mass is 806 g/mol. The molecule has 2 fully saturated rings. The van der Waals surface area contributed by atoms with Gasteiger partial charge in [0.25, 0.3) is 11.8 Å². The van der Waals surface area contributed by atoms with Crippen LogP contribution in [0.3, 0.4) is 0 Å². The van der Waals surface area contributed by atoms with Gasteiger partial charge in [-0.2, -0.15) is 4.79 Å². The van der Waals surface area contributed by atoms with Crippen molar-refractivity contribution in [2.24, 2.45) is 0 Å². The van der Waals surface area contributed by atoms with Crippen LogP contribution in [0, 0.1) is 0 Å². The van der Waals surface area contributed by atoms with Gasteiger partial charge in [0.2, 0.25) is 5.91 Å². The molecule has 306 valence electrons. The lowest BCUT2D eigenvalue weighted by Gasteiger charge is -2.36. The lowest BCUT2D eigenvalue weighted by Crippen LogP contribution is -2.52. The average molecular weight is 807 g/mol. The first-order valence-corrected chi connectivity index (χ1v) is 19.9. The van der Waals surface area contributed by atoms with Gasteiger partial charge >= 0.3 is 0 Å². The number of aromatic amines is 2. The molecule has 16 heteroatoms. The Bertz CT molecular complexity index is 2620. The molecule has 1 unspecified atom stereocenters. The molecule has 60 heavy (non-hydrogen) atoms. The van der Waals surface area contributed by atoms with Crippen molar-refractivity contribution in [3.8, 4) is 5.75 Å². The van der Waals surface area contributed by atoms with E-state index in [1.165, 1.54) is 0 Å². The molecule has 3 amide bonds. The molecule has 7 heterocycles. The molecule has 3 N–H and O–H groups in total. The van der Waals surface area contributed by atoms with Crippen LogP contribution in [0.5, 0.6) is 5.75 Å². The number of nitrogens with one attached hydrogen (secondary N) is 3. The van der Waals surface area contributed by atoms with Crippen LogP contribution >= 0.6 is 0 Å². The molecule has 0 bridgehead atoms. The van der Waals surface area contributed by atoms with Crippen molar-refractivity contribution in [1.82, 2.24) is 55.0 Å². The molecule has 4 aliphatic heterocycles. The Labute approximate surface area is 346 Å². The lowest BCUT2D eigenvalue weighted by atomic mass is 9.92. The summed E-state index contributed by atoms with van der Waals surface area (Å²) in [6, 6.07) is 10.9. The predicted molar refractivity (Wildman–Crippen MR) is 227 cm³/mol. The summed E-state index contributed by atoms with van der Waals surface area (Å²) in [6.07, 6.45) is 10.9. The molecule has 9 rings (SSSR count). The van der Waals surface area contributed by atoms with Crippen molar-refractivity contribution in [3.63, 3.8) is 0 Å². The smallest absolute Gasteiger partial charge is 0.263 e. The largest absolute Gasteiger partial charge is 0.486 e. The summed E-state index contributed by atoms with van der Waals surface area (Å²) in [6.45, 7) is 20.2. The van der Waals surface area contributed by atoms with Crippen LogP contribution in [-0.2, 0) is 11.4 Å². The number of aromatic nitrogens is 6. The second-order valence-electron chi connectivity index (χ2n) is 15.4. The SMILES string of the molecule is C=CCCN1C=C(c2cc(C(=O)N3CCN(CN(C)n4cc(COc5cccc6c5C(=O)N(C5CCC(=O)NC5=C)C6=C)nn4)CC3)cc3[nH]cnc23)c2cc[nH]c2C1=C. The number of ether oxygens (including phenoxy) is 1. The number of hydrogen-bond donors (Lipinski definition) is 3. The molecule has 1 atom stereocenters. The molecule has 0 saturated carbocycles. The average Bonchev–Trinajstić information content (AvgIpc) is 4.08. The summed E-state index contributed by atoms with van der Waals surface area (Å²) in [7, 11) is 1.92. The third-order valence-electron chi connectivity index (χ3n) is 11.6. The van der Waals surface area contributed by atoms with Gasteiger partial charge in [-0.1, -0.05) is 37.9 Å². The number of H-pyrrole nitrogens is 2. The third kappa shape index (κ3) is 6.83. The minimum Gasteiger partial charge on any atom is -0.486 e. The van der Waals surface area contributed by atoms with Gasteiger partial charge in [-0.3, -0.25) is 29.2 Å². The number of piperazine rings is 1. The maximum atomic E-state index is 14.1. The van der Waals surface area contributed by atoms with Gasteiger partial charge in [-0.25, -0.2) is 4.98 Å². The molecular formula is C44H46N12O4. The van der Waals surface area contributed by atoms with Crippen LogP contribution in [0.4, 0.5) is 0 Å². The van der Waals surface area contributed by atoms with Gasteiger partial charge in [0.15, 0.2) is 0 Å². The summed E-state index contributed by atoms with van der Waals surface area (Å²) >= 11 is 0. The number of amides is 3. The van der Waals surface area contributed by atoms with Gasteiger partial charge in [0.05, 0.1) is 53.2 Å². The van der Waals surface area contributed by atoms with Crippen LogP contribution in [-0.4, -0.2) is 120 Å². The number of fused-ring (bicyclic) bond motifs is 3. The molecule has 0 radical (unpaired) electrons. The number of carbonyl (C=O) groups excluding carboxylic acids is 3. The molecule has 5 aromatic rings. The molecule has 2 aromatic carbocycles. The van der Waals surface area contributed by atoms with Gasteiger partial charge in [0, 0.05) is 97.8 Å². The van der Waals surface area contributed by atoms with Crippen molar-refractivity contribution in [3.05, 3.63) is 139 Å². The minimum absolute atomic E-state index is 0.0315. The van der Waals surface area contributed by atoms with E-state index in [1.54, 1.807) is 28.3 Å². The number of rotatable bonds is 12. The molecule has 3 aromatic heterocycles. The van der Waals surface area contributed by atoms with E-state index in [1.807, 2.05) is 59.6 Å². The maximum Gasteiger partial charge on any atom is 0.263 e. The van der Waals surface area contributed by atoms with Crippen LogP contribution in [0.1, 0.15) is 68.1 Å². The maximum absolute atomic E-state index is 14.1. The van der Waals surface area contributed by atoms with Crippen LogP contribution in [0.15, 0.2) is 99.4 Å².